The highest BCUT2D eigenvalue weighted by Crippen LogP contribution is 2.30. The number of nitrogens with zero attached hydrogens (tertiary/aromatic N) is 2. The average molecular weight is 493 g/mol. The van der Waals surface area contributed by atoms with Crippen molar-refractivity contribution in [1.29, 1.82) is 0 Å². The molecule has 0 spiro atoms. The van der Waals surface area contributed by atoms with E-state index in [0.717, 1.165) is 30.2 Å². The van der Waals surface area contributed by atoms with Gasteiger partial charge in [-0.05, 0) is 29.7 Å². The van der Waals surface area contributed by atoms with Gasteiger partial charge in [-0.1, -0.05) is 67.9 Å². The van der Waals surface area contributed by atoms with Crippen molar-refractivity contribution in [3.8, 4) is 0 Å². The summed E-state index contributed by atoms with van der Waals surface area (Å²) < 4.78 is 17.7. The maximum absolute atomic E-state index is 13.4. The Hall–Kier alpha value is -3.52. The van der Waals surface area contributed by atoms with Gasteiger partial charge in [-0.15, -0.1) is 0 Å². The molecule has 0 aliphatic rings. The second-order valence-electron chi connectivity index (χ2n) is 8.04. The number of aromatic nitrogens is 2. The Kier molecular flexibility index (Phi) is 7.92. The lowest BCUT2D eigenvalue weighted by Crippen LogP contribution is -2.23. The molecule has 182 valence electrons. The van der Waals surface area contributed by atoms with Crippen LogP contribution in [-0.4, -0.2) is 29.7 Å². The first-order chi connectivity index (χ1) is 17.1. The number of rotatable bonds is 10. The molecule has 0 bridgehead atoms. The quantitative estimate of drug-likeness (QED) is 0.0692. The van der Waals surface area contributed by atoms with Crippen molar-refractivity contribution >= 4 is 45.4 Å². The van der Waals surface area contributed by atoms with Crippen LogP contribution >= 0.6 is 11.8 Å². The zero-order valence-electron chi connectivity index (χ0n) is 20.1. The standard InChI is InChI=1S/C27H28N2O5S/c1-4-5-10-15-29-25(30)24-23(20-13-8-9-14-22(20)34-24)28-27(29)35-17-18-11-6-7-12-19(18)21(16-32-2)26(31)33-3/h6-9,11-14,16H,4-5,10,15,17H2,1-3H3/b21-16+. The fourth-order valence-corrected chi connectivity index (χ4v) is 5.00. The number of hydrogen-bond acceptors (Lipinski definition) is 7. The van der Waals surface area contributed by atoms with Gasteiger partial charge in [-0.25, -0.2) is 9.78 Å². The molecule has 0 aliphatic carbocycles. The summed E-state index contributed by atoms with van der Waals surface area (Å²) in [6.45, 7) is 2.69. The van der Waals surface area contributed by atoms with Crippen LogP contribution in [0.25, 0.3) is 27.6 Å². The third-order valence-electron chi connectivity index (χ3n) is 5.74. The van der Waals surface area contributed by atoms with Gasteiger partial charge < -0.3 is 13.9 Å². The van der Waals surface area contributed by atoms with E-state index in [9.17, 15) is 9.59 Å². The second kappa shape index (κ2) is 11.3. The Morgan fingerprint density at radius 2 is 1.89 bits per heavy atom. The summed E-state index contributed by atoms with van der Waals surface area (Å²) in [5.74, 6) is 0.0145. The Morgan fingerprint density at radius 3 is 2.66 bits per heavy atom. The summed E-state index contributed by atoms with van der Waals surface area (Å²) in [4.78, 5) is 30.7. The maximum Gasteiger partial charge on any atom is 0.341 e. The number of ether oxygens (including phenoxy) is 2. The summed E-state index contributed by atoms with van der Waals surface area (Å²) in [6.07, 6.45) is 4.32. The zero-order valence-corrected chi connectivity index (χ0v) is 20.9. The van der Waals surface area contributed by atoms with Crippen LogP contribution in [0.15, 0.2) is 69.2 Å². The van der Waals surface area contributed by atoms with E-state index in [1.165, 1.54) is 32.2 Å². The van der Waals surface area contributed by atoms with Crippen LogP contribution in [0.1, 0.15) is 37.3 Å². The number of carbonyl (C=O) groups is 1. The lowest BCUT2D eigenvalue weighted by atomic mass is 10.0. The molecule has 0 fully saturated rings. The molecule has 0 aliphatic heterocycles. The fraction of sp³-hybridized carbons (Fsp3) is 0.296. The number of fused-ring (bicyclic) bond motifs is 3. The van der Waals surface area contributed by atoms with Gasteiger partial charge in [0, 0.05) is 17.7 Å². The monoisotopic (exact) mass is 492 g/mol. The average Bonchev–Trinajstić information content (AvgIpc) is 3.26. The van der Waals surface area contributed by atoms with Crippen molar-refractivity contribution in [3.63, 3.8) is 0 Å². The molecule has 0 atom stereocenters. The number of esters is 1. The van der Waals surface area contributed by atoms with E-state index in [0.29, 0.717) is 39.7 Å². The molecule has 0 amide bonds. The number of benzene rings is 2. The molecule has 0 saturated heterocycles. The largest absolute Gasteiger partial charge is 0.503 e. The van der Waals surface area contributed by atoms with Crippen molar-refractivity contribution in [2.24, 2.45) is 0 Å². The molecule has 7 nitrogen and oxygen atoms in total. The van der Waals surface area contributed by atoms with Crippen molar-refractivity contribution in [2.75, 3.05) is 14.2 Å². The summed E-state index contributed by atoms with van der Waals surface area (Å²) in [7, 11) is 2.83. The highest BCUT2D eigenvalue weighted by Gasteiger charge is 2.20. The molecule has 8 heteroatoms. The second-order valence-corrected chi connectivity index (χ2v) is 8.98. The number of thioether (sulfide) groups is 1. The van der Waals surface area contributed by atoms with Gasteiger partial charge in [0.05, 0.1) is 20.5 Å². The minimum absolute atomic E-state index is 0.174. The number of carbonyl (C=O) groups excluding carboxylic acids is 1. The predicted molar refractivity (Wildman–Crippen MR) is 138 cm³/mol. The van der Waals surface area contributed by atoms with E-state index in [1.54, 1.807) is 4.57 Å². The Bertz CT molecular complexity index is 1440. The Morgan fingerprint density at radius 1 is 1.11 bits per heavy atom. The van der Waals surface area contributed by atoms with Crippen molar-refractivity contribution < 1.29 is 18.7 Å². The smallest absolute Gasteiger partial charge is 0.341 e. The Balaban J connectivity index is 1.76. The number of para-hydroxylation sites is 1. The normalized spacial score (nSPS) is 11.8. The van der Waals surface area contributed by atoms with Gasteiger partial charge in [0.15, 0.2) is 5.16 Å². The van der Waals surface area contributed by atoms with Crippen molar-refractivity contribution in [2.45, 2.75) is 43.6 Å². The van der Waals surface area contributed by atoms with E-state index in [2.05, 4.69) is 6.92 Å². The summed E-state index contributed by atoms with van der Waals surface area (Å²) in [6, 6.07) is 15.1. The molecule has 4 rings (SSSR count). The van der Waals surface area contributed by atoms with Crippen LogP contribution in [-0.2, 0) is 26.6 Å². The molecule has 0 radical (unpaired) electrons. The Labute approximate surface area is 207 Å². The summed E-state index contributed by atoms with van der Waals surface area (Å²) in [5.41, 5.74) is 3.27. The summed E-state index contributed by atoms with van der Waals surface area (Å²) >= 11 is 1.46. The van der Waals surface area contributed by atoms with Gasteiger partial charge in [-0.3, -0.25) is 9.36 Å². The van der Waals surface area contributed by atoms with Gasteiger partial charge in [0.1, 0.15) is 16.7 Å². The number of methoxy groups -OCH3 is 2. The third-order valence-corrected chi connectivity index (χ3v) is 6.76. The number of furan rings is 1. The van der Waals surface area contributed by atoms with Crippen molar-refractivity contribution in [1.82, 2.24) is 9.55 Å². The zero-order chi connectivity index (χ0) is 24.8. The lowest BCUT2D eigenvalue weighted by Gasteiger charge is -2.14. The summed E-state index contributed by atoms with van der Waals surface area (Å²) in [5, 5.41) is 1.44. The predicted octanol–water partition coefficient (Wildman–Crippen LogP) is 5.79. The SMILES string of the molecule is CCCCCn1c(SCc2ccccc2/C(=C\OC)C(=O)OC)nc2c(oc3ccccc32)c1=O. The first-order valence-corrected chi connectivity index (χ1v) is 12.5. The third kappa shape index (κ3) is 5.12. The van der Waals surface area contributed by atoms with Crippen molar-refractivity contribution in [3.05, 3.63) is 76.3 Å². The van der Waals surface area contributed by atoms with Crippen LogP contribution in [0.5, 0.6) is 0 Å². The van der Waals surface area contributed by atoms with E-state index in [-0.39, 0.29) is 11.1 Å². The van der Waals surface area contributed by atoms with E-state index < -0.39 is 5.97 Å². The molecule has 4 aromatic rings. The van der Waals surface area contributed by atoms with Crippen LogP contribution < -0.4 is 5.56 Å². The molecule has 2 heterocycles. The molecule has 0 N–H and O–H groups in total. The molecule has 2 aromatic carbocycles. The maximum atomic E-state index is 13.4. The first-order valence-electron chi connectivity index (χ1n) is 11.5. The van der Waals surface area contributed by atoms with Crippen LogP contribution in [0.2, 0.25) is 0 Å². The van der Waals surface area contributed by atoms with Gasteiger partial charge in [0.2, 0.25) is 5.58 Å². The van der Waals surface area contributed by atoms with E-state index >= 15 is 0 Å². The highest BCUT2D eigenvalue weighted by atomic mass is 32.2. The van der Waals surface area contributed by atoms with Crippen LogP contribution in [0.4, 0.5) is 0 Å². The lowest BCUT2D eigenvalue weighted by molar-refractivity contribution is -0.133. The minimum Gasteiger partial charge on any atom is -0.503 e. The highest BCUT2D eigenvalue weighted by molar-refractivity contribution is 7.98. The van der Waals surface area contributed by atoms with Crippen LogP contribution in [0.3, 0.4) is 0 Å². The van der Waals surface area contributed by atoms with Gasteiger partial charge in [0.25, 0.3) is 5.56 Å². The fourth-order valence-electron chi connectivity index (χ4n) is 3.98. The van der Waals surface area contributed by atoms with Gasteiger partial charge in [-0.2, -0.15) is 0 Å². The molecule has 0 saturated carbocycles. The molecule has 0 unspecified atom stereocenters. The molecular weight excluding hydrogens is 464 g/mol. The van der Waals surface area contributed by atoms with Crippen LogP contribution in [0, 0.1) is 0 Å². The topological polar surface area (TPSA) is 83.6 Å². The van der Waals surface area contributed by atoms with Gasteiger partial charge >= 0.3 is 5.97 Å². The van der Waals surface area contributed by atoms with E-state index in [4.69, 9.17) is 18.9 Å². The minimum atomic E-state index is -0.481. The first kappa shape index (κ1) is 24.6. The number of unbranched alkanes of at least 4 members (excludes halogenated alkanes) is 2. The molecule has 2 aromatic heterocycles. The molecule has 35 heavy (non-hydrogen) atoms. The molecular formula is C27H28N2O5S. The van der Waals surface area contributed by atoms with E-state index in [1.807, 2.05) is 48.5 Å². The number of hydrogen-bond donors (Lipinski definition) is 0.